The number of aromatic amines is 1. The molecular formula is C22H20N2O4. The summed E-state index contributed by atoms with van der Waals surface area (Å²) in [5, 5.41) is 1.04. The number of nitrogens with one attached hydrogen (secondary N) is 1. The van der Waals surface area contributed by atoms with Crippen molar-refractivity contribution in [2.24, 2.45) is 0 Å². The molecule has 1 amide bonds. The number of rotatable bonds is 3. The molecule has 0 atom stereocenters. The van der Waals surface area contributed by atoms with Gasteiger partial charge in [0, 0.05) is 29.2 Å². The van der Waals surface area contributed by atoms with E-state index in [4.69, 9.17) is 9.47 Å². The number of benzene rings is 2. The molecule has 28 heavy (non-hydrogen) atoms. The van der Waals surface area contributed by atoms with Gasteiger partial charge in [-0.05, 0) is 36.2 Å². The lowest BCUT2D eigenvalue weighted by molar-refractivity contribution is -0.133. The zero-order valence-electron chi connectivity index (χ0n) is 15.7. The van der Waals surface area contributed by atoms with E-state index in [1.54, 1.807) is 42.5 Å². The third kappa shape index (κ3) is 3.03. The van der Waals surface area contributed by atoms with Crippen LogP contribution in [0, 0.1) is 0 Å². The molecule has 1 aromatic heterocycles. The van der Waals surface area contributed by atoms with Gasteiger partial charge in [-0.25, -0.2) is 4.79 Å². The SMILES string of the molecule is COC(=O)C1=CN(C(=O)c2cccc(OC)c2)CCc2c1[nH]c1ccccc21. The summed E-state index contributed by atoms with van der Waals surface area (Å²) in [5.41, 5.74) is 3.50. The summed E-state index contributed by atoms with van der Waals surface area (Å²) in [7, 11) is 2.90. The number of esters is 1. The summed E-state index contributed by atoms with van der Waals surface area (Å²) in [5.74, 6) is -0.0815. The maximum absolute atomic E-state index is 13.1. The van der Waals surface area contributed by atoms with E-state index >= 15 is 0 Å². The normalized spacial score (nSPS) is 13.5. The van der Waals surface area contributed by atoms with Crippen molar-refractivity contribution in [3.8, 4) is 5.75 Å². The fourth-order valence-corrected chi connectivity index (χ4v) is 3.55. The van der Waals surface area contributed by atoms with Gasteiger partial charge in [-0.1, -0.05) is 24.3 Å². The fraction of sp³-hybridized carbons (Fsp3) is 0.182. The van der Waals surface area contributed by atoms with Crippen molar-refractivity contribution in [1.29, 1.82) is 0 Å². The van der Waals surface area contributed by atoms with Crippen LogP contribution in [0.25, 0.3) is 16.5 Å². The lowest BCUT2D eigenvalue weighted by Crippen LogP contribution is -2.28. The molecule has 2 aromatic carbocycles. The second-order valence-corrected chi connectivity index (χ2v) is 6.54. The first-order valence-electron chi connectivity index (χ1n) is 8.97. The first-order chi connectivity index (χ1) is 13.6. The number of amides is 1. The number of hydrogen-bond donors (Lipinski definition) is 1. The molecular weight excluding hydrogens is 356 g/mol. The van der Waals surface area contributed by atoms with E-state index in [0.717, 1.165) is 16.5 Å². The van der Waals surface area contributed by atoms with Gasteiger partial charge in [-0.2, -0.15) is 0 Å². The summed E-state index contributed by atoms with van der Waals surface area (Å²) in [6.07, 6.45) is 2.20. The monoisotopic (exact) mass is 376 g/mol. The smallest absolute Gasteiger partial charge is 0.341 e. The fourth-order valence-electron chi connectivity index (χ4n) is 3.55. The molecule has 0 fully saturated rings. The highest BCUT2D eigenvalue weighted by molar-refractivity contribution is 6.18. The van der Waals surface area contributed by atoms with E-state index in [9.17, 15) is 9.59 Å². The molecule has 0 radical (unpaired) electrons. The van der Waals surface area contributed by atoms with Crippen LogP contribution >= 0.6 is 0 Å². The maximum Gasteiger partial charge on any atom is 0.341 e. The number of aromatic nitrogens is 1. The Morgan fingerprint density at radius 1 is 1.07 bits per heavy atom. The molecule has 6 heteroatoms. The molecule has 0 saturated carbocycles. The molecule has 1 N–H and O–H groups in total. The molecule has 0 bridgehead atoms. The molecule has 2 heterocycles. The first-order valence-corrected chi connectivity index (χ1v) is 8.97. The van der Waals surface area contributed by atoms with Gasteiger partial charge in [0.1, 0.15) is 5.75 Å². The number of carbonyl (C=O) groups is 2. The molecule has 0 unspecified atom stereocenters. The highest BCUT2D eigenvalue weighted by Gasteiger charge is 2.27. The third-order valence-corrected chi connectivity index (χ3v) is 4.95. The van der Waals surface area contributed by atoms with Gasteiger partial charge in [0.2, 0.25) is 0 Å². The summed E-state index contributed by atoms with van der Waals surface area (Å²) in [6.45, 7) is 0.450. The molecule has 0 saturated heterocycles. The average Bonchev–Trinajstić information content (AvgIpc) is 3.00. The van der Waals surface area contributed by atoms with E-state index in [2.05, 4.69) is 4.98 Å². The highest BCUT2D eigenvalue weighted by Crippen LogP contribution is 2.31. The van der Waals surface area contributed by atoms with Crippen molar-refractivity contribution in [2.75, 3.05) is 20.8 Å². The maximum atomic E-state index is 13.1. The molecule has 3 aromatic rings. The number of hydrogen-bond acceptors (Lipinski definition) is 4. The van der Waals surface area contributed by atoms with Crippen LogP contribution in [0.5, 0.6) is 5.75 Å². The van der Waals surface area contributed by atoms with E-state index in [1.165, 1.54) is 7.11 Å². The van der Waals surface area contributed by atoms with E-state index < -0.39 is 5.97 Å². The van der Waals surface area contributed by atoms with Crippen LogP contribution in [-0.4, -0.2) is 42.5 Å². The van der Waals surface area contributed by atoms with Crippen LogP contribution in [0.1, 0.15) is 21.6 Å². The van der Waals surface area contributed by atoms with Crippen molar-refractivity contribution in [3.05, 3.63) is 71.6 Å². The minimum absolute atomic E-state index is 0.199. The largest absolute Gasteiger partial charge is 0.497 e. The van der Waals surface area contributed by atoms with Crippen LogP contribution in [0.4, 0.5) is 0 Å². The predicted octanol–water partition coefficient (Wildman–Crippen LogP) is 3.39. The van der Waals surface area contributed by atoms with Crippen LogP contribution in [0.2, 0.25) is 0 Å². The minimum atomic E-state index is -0.488. The van der Waals surface area contributed by atoms with E-state index in [1.807, 2.05) is 24.3 Å². The molecule has 0 aliphatic carbocycles. The van der Waals surface area contributed by atoms with Gasteiger partial charge in [0.25, 0.3) is 5.91 Å². The van der Waals surface area contributed by atoms with Crippen molar-refractivity contribution in [3.63, 3.8) is 0 Å². The summed E-state index contributed by atoms with van der Waals surface area (Å²) in [6, 6.07) is 14.9. The average molecular weight is 376 g/mol. The zero-order chi connectivity index (χ0) is 19.7. The molecule has 4 rings (SSSR count). The Bertz CT molecular complexity index is 1100. The summed E-state index contributed by atoms with van der Waals surface area (Å²) in [4.78, 5) is 30.4. The Hall–Kier alpha value is -3.54. The number of para-hydroxylation sites is 1. The van der Waals surface area contributed by atoms with Gasteiger partial charge < -0.3 is 19.4 Å². The van der Waals surface area contributed by atoms with Gasteiger partial charge in [0.05, 0.1) is 25.5 Å². The Balaban J connectivity index is 1.78. The minimum Gasteiger partial charge on any atom is -0.497 e. The Morgan fingerprint density at radius 2 is 1.89 bits per heavy atom. The second-order valence-electron chi connectivity index (χ2n) is 6.54. The summed E-state index contributed by atoms with van der Waals surface area (Å²) < 4.78 is 10.2. The molecule has 1 aliphatic rings. The number of nitrogens with zero attached hydrogens (tertiary/aromatic N) is 1. The van der Waals surface area contributed by atoms with Crippen molar-refractivity contribution < 1.29 is 19.1 Å². The van der Waals surface area contributed by atoms with E-state index in [0.29, 0.717) is 35.5 Å². The standard InChI is InChI=1S/C22H20N2O4/c1-27-15-7-5-6-14(12-15)21(25)24-11-10-17-16-8-3-4-9-19(16)23-20(17)18(13-24)22(26)28-2/h3-9,12-13,23H,10-11H2,1-2H3. The first kappa shape index (κ1) is 17.9. The van der Waals surface area contributed by atoms with Crippen molar-refractivity contribution in [2.45, 2.75) is 6.42 Å². The topological polar surface area (TPSA) is 71.6 Å². The van der Waals surface area contributed by atoms with Crippen LogP contribution in [0.3, 0.4) is 0 Å². The number of methoxy groups -OCH3 is 2. The lowest BCUT2D eigenvalue weighted by atomic mass is 10.0. The Morgan fingerprint density at radius 3 is 2.68 bits per heavy atom. The number of fused-ring (bicyclic) bond motifs is 3. The second kappa shape index (κ2) is 7.23. The Kier molecular flexibility index (Phi) is 4.61. The predicted molar refractivity (Wildman–Crippen MR) is 106 cm³/mol. The number of carbonyl (C=O) groups excluding carboxylic acids is 2. The van der Waals surface area contributed by atoms with Crippen molar-refractivity contribution in [1.82, 2.24) is 9.88 Å². The van der Waals surface area contributed by atoms with E-state index in [-0.39, 0.29) is 5.91 Å². The van der Waals surface area contributed by atoms with Crippen molar-refractivity contribution >= 4 is 28.4 Å². The molecule has 142 valence electrons. The van der Waals surface area contributed by atoms with Crippen LogP contribution in [-0.2, 0) is 16.0 Å². The number of ether oxygens (including phenoxy) is 2. The van der Waals surface area contributed by atoms with Crippen LogP contribution in [0.15, 0.2) is 54.7 Å². The number of H-pyrrole nitrogens is 1. The zero-order valence-corrected chi connectivity index (χ0v) is 15.7. The van der Waals surface area contributed by atoms with Gasteiger partial charge in [-0.3, -0.25) is 4.79 Å². The quantitative estimate of drug-likeness (QED) is 0.712. The van der Waals surface area contributed by atoms with Gasteiger partial charge in [0.15, 0.2) is 0 Å². The lowest BCUT2D eigenvalue weighted by Gasteiger charge is -2.18. The van der Waals surface area contributed by atoms with Gasteiger partial charge >= 0.3 is 5.97 Å². The molecule has 1 aliphatic heterocycles. The van der Waals surface area contributed by atoms with Crippen LogP contribution < -0.4 is 4.74 Å². The third-order valence-electron chi connectivity index (χ3n) is 4.95. The summed E-state index contributed by atoms with van der Waals surface area (Å²) >= 11 is 0. The molecule has 0 spiro atoms. The highest BCUT2D eigenvalue weighted by atomic mass is 16.5. The van der Waals surface area contributed by atoms with Gasteiger partial charge in [-0.15, -0.1) is 0 Å². The Labute approximate surface area is 162 Å². The molecule has 6 nitrogen and oxygen atoms in total.